The van der Waals surface area contributed by atoms with E-state index in [1.165, 1.54) is 5.56 Å². The maximum atomic E-state index is 12.5. The first-order valence-corrected chi connectivity index (χ1v) is 8.98. The first-order chi connectivity index (χ1) is 12.2. The second kappa shape index (κ2) is 8.63. The Labute approximate surface area is 150 Å². The maximum Gasteiger partial charge on any atom is 0.246 e. The number of carbonyl (C=O) groups excluding carboxylic acids is 1. The fourth-order valence-corrected chi connectivity index (χ4v) is 3.35. The lowest BCUT2D eigenvalue weighted by atomic mass is 10.0. The minimum Gasteiger partial charge on any atom is -0.338 e. The van der Waals surface area contributed by atoms with Gasteiger partial charge in [-0.3, -0.25) is 9.69 Å². The molecule has 0 bridgehead atoms. The molecule has 25 heavy (non-hydrogen) atoms. The summed E-state index contributed by atoms with van der Waals surface area (Å²) >= 11 is 0. The highest BCUT2D eigenvalue weighted by atomic mass is 16.2. The van der Waals surface area contributed by atoms with Crippen LogP contribution in [0.3, 0.4) is 0 Å². The zero-order valence-electron chi connectivity index (χ0n) is 14.8. The average molecular weight is 334 g/mol. The second-order valence-corrected chi connectivity index (χ2v) is 6.73. The standard InChI is InChI=1S/C22H26N2O/c1-23(17-20-11-6-3-7-12-20)21-13-8-16-24(18-21)22(25)15-14-19-9-4-2-5-10-19/h2-7,9-12,14-15,21H,8,13,16-18H2,1H3/b15-14+/t21-/m0/s1. The first kappa shape index (κ1) is 17.4. The second-order valence-electron chi connectivity index (χ2n) is 6.73. The lowest BCUT2D eigenvalue weighted by Gasteiger charge is -2.37. The molecule has 2 aromatic rings. The van der Waals surface area contributed by atoms with E-state index in [4.69, 9.17) is 0 Å². The van der Waals surface area contributed by atoms with E-state index in [0.717, 1.165) is 38.0 Å². The van der Waals surface area contributed by atoms with E-state index >= 15 is 0 Å². The van der Waals surface area contributed by atoms with Crippen LogP contribution in [0.2, 0.25) is 0 Å². The Morgan fingerprint density at radius 1 is 1.12 bits per heavy atom. The number of amides is 1. The summed E-state index contributed by atoms with van der Waals surface area (Å²) in [7, 11) is 2.16. The van der Waals surface area contributed by atoms with Crippen molar-refractivity contribution in [3.8, 4) is 0 Å². The fraction of sp³-hybridized carbons (Fsp3) is 0.318. The minimum absolute atomic E-state index is 0.113. The Hall–Kier alpha value is -2.39. The van der Waals surface area contributed by atoms with Gasteiger partial charge in [-0.1, -0.05) is 60.7 Å². The number of hydrogen-bond donors (Lipinski definition) is 0. The van der Waals surface area contributed by atoms with E-state index in [-0.39, 0.29) is 5.91 Å². The summed E-state index contributed by atoms with van der Waals surface area (Å²) in [6.07, 6.45) is 5.82. The van der Waals surface area contributed by atoms with Crippen molar-refractivity contribution in [2.24, 2.45) is 0 Å². The molecule has 0 saturated carbocycles. The van der Waals surface area contributed by atoms with Crippen molar-refractivity contribution in [1.82, 2.24) is 9.80 Å². The maximum absolute atomic E-state index is 12.5. The Morgan fingerprint density at radius 3 is 2.52 bits per heavy atom. The zero-order valence-corrected chi connectivity index (χ0v) is 14.8. The number of carbonyl (C=O) groups is 1. The van der Waals surface area contributed by atoms with Gasteiger partial charge in [0.1, 0.15) is 0 Å². The molecule has 3 heteroatoms. The number of likely N-dealkylation sites (tertiary alicyclic amines) is 1. The molecule has 0 unspecified atom stereocenters. The van der Waals surface area contributed by atoms with Crippen LogP contribution in [0.15, 0.2) is 66.7 Å². The number of likely N-dealkylation sites (N-methyl/N-ethyl adjacent to an activating group) is 1. The molecule has 2 aromatic carbocycles. The summed E-state index contributed by atoms with van der Waals surface area (Å²) < 4.78 is 0. The van der Waals surface area contributed by atoms with Crippen molar-refractivity contribution in [3.05, 3.63) is 77.9 Å². The van der Waals surface area contributed by atoms with Crippen molar-refractivity contribution < 1.29 is 4.79 Å². The van der Waals surface area contributed by atoms with E-state index in [9.17, 15) is 4.79 Å². The first-order valence-electron chi connectivity index (χ1n) is 8.98. The predicted molar refractivity (Wildman–Crippen MR) is 103 cm³/mol. The normalized spacial score (nSPS) is 18.0. The van der Waals surface area contributed by atoms with Gasteiger partial charge in [0, 0.05) is 31.8 Å². The molecule has 1 aliphatic heterocycles. The van der Waals surface area contributed by atoms with Crippen molar-refractivity contribution in [2.75, 3.05) is 20.1 Å². The Kier molecular flexibility index (Phi) is 6.02. The smallest absolute Gasteiger partial charge is 0.246 e. The molecule has 130 valence electrons. The molecule has 1 atom stereocenters. The van der Waals surface area contributed by atoms with Gasteiger partial charge in [0.05, 0.1) is 0 Å². The average Bonchev–Trinajstić information content (AvgIpc) is 2.68. The van der Waals surface area contributed by atoms with Crippen molar-refractivity contribution in [3.63, 3.8) is 0 Å². The zero-order chi connectivity index (χ0) is 17.5. The van der Waals surface area contributed by atoms with E-state index in [2.05, 4.69) is 36.2 Å². The van der Waals surface area contributed by atoms with Crippen LogP contribution in [0.5, 0.6) is 0 Å². The van der Waals surface area contributed by atoms with Gasteiger partial charge in [-0.25, -0.2) is 0 Å². The van der Waals surface area contributed by atoms with Crippen molar-refractivity contribution >= 4 is 12.0 Å². The molecule has 3 rings (SSSR count). The van der Waals surface area contributed by atoms with Gasteiger partial charge in [-0.05, 0) is 37.1 Å². The largest absolute Gasteiger partial charge is 0.338 e. The van der Waals surface area contributed by atoms with Gasteiger partial charge >= 0.3 is 0 Å². The van der Waals surface area contributed by atoms with E-state index in [1.807, 2.05) is 47.4 Å². The number of rotatable bonds is 5. The predicted octanol–water partition coefficient (Wildman–Crippen LogP) is 3.82. The van der Waals surface area contributed by atoms with Gasteiger partial charge in [-0.2, -0.15) is 0 Å². The van der Waals surface area contributed by atoms with Crippen LogP contribution in [0.4, 0.5) is 0 Å². The fourth-order valence-electron chi connectivity index (χ4n) is 3.35. The van der Waals surface area contributed by atoms with Crippen molar-refractivity contribution in [2.45, 2.75) is 25.4 Å². The minimum atomic E-state index is 0.113. The van der Waals surface area contributed by atoms with Crippen molar-refractivity contribution in [1.29, 1.82) is 0 Å². The van der Waals surface area contributed by atoms with Gasteiger partial charge in [0.25, 0.3) is 0 Å². The van der Waals surface area contributed by atoms with Crippen LogP contribution in [0.1, 0.15) is 24.0 Å². The lowest BCUT2D eigenvalue weighted by Crippen LogP contribution is -2.47. The molecular weight excluding hydrogens is 308 g/mol. The molecule has 0 radical (unpaired) electrons. The van der Waals surface area contributed by atoms with Crippen LogP contribution >= 0.6 is 0 Å². The molecule has 0 spiro atoms. The third-order valence-electron chi connectivity index (χ3n) is 4.82. The molecule has 3 nitrogen and oxygen atoms in total. The number of piperidine rings is 1. The Balaban J connectivity index is 1.57. The third-order valence-corrected chi connectivity index (χ3v) is 4.82. The summed E-state index contributed by atoms with van der Waals surface area (Å²) in [6, 6.07) is 20.9. The van der Waals surface area contributed by atoms with Crippen LogP contribution in [-0.4, -0.2) is 41.9 Å². The van der Waals surface area contributed by atoms with E-state index in [0.29, 0.717) is 6.04 Å². The topological polar surface area (TPSA) is 23.6 Å². The molecule has 1 fully saturated rings. The quantitative estimate of drug-likeness (QED) is 0.776. The van der Waals surface area contributed by atoms with Gasteiger partial charge < -0.3 is 4.90 Å². The summed E-state index contributed by atoms with van der Waals surface area (Å²) in [6.45, 7) is 2.59. The SMILES string of the molecule is CN(Cc1ccccc1)[C@H]1CCCN(C(=O)/C=C/c2ccccc2)C1. The molecule has 1 saturated heterocycles. The summed E-state index contributed by atoms with van der Waals surface area (Å²) in [5, 5.41) is 0. The highest BCUT2D eigenvalue weighted by Gasteiger charge is 2.25. The molecular formula is C22H26N2O. The Bertz CT molecular complexity index is 696. The highest BCUT2D eigenvalue weighted by molar-refractivity contribution is 5.91. The molecule has 0 aliphatic carbocycles. The molecule has 0 N–H and O–H groups in total. The van der Waals surface area contributed by atoms with Gasteiger partial charge in [0.15, 0.2) is 0 Å². The molecule has 1 amide bonds. The Morgan fingerprint density at radius 2 is 1.80 bits per heavy atom. The molecule has 0 aromatic heterocycles. The summed E-state index contributed by atoms with van der Waals surface area (Å²) in [5.74, 6) is 0.113. The van der Waals surface area contributed by atoms with E-state index in [1.54, 1.807) is 6.08 Å². The monoisotopic (exact) mass is 334 g/mol. The van der Waals surface area contributed by atoms with Gasteiger partial charge in [-0.15, -0.1) is 0 Å². The highest BCUT2D eigenvalue weighted by Crippen LogP contribution is 2.17. The molecule has 1 heterocycles. The van der Waals surface area contributed by atoms with Crippen LogP contribution in [0.25, 0.3) is 6.08 Å². The van der Waals surface area contributed by atoms with Crippen LogP contribution < -0.4 is 0 Å². The number of nitrogens with zero attached hydrogens (tertiary/aromatic N) is 2. The van der Waals surface area contributed by atoms with Crippen LogP contribution in [-0.2, 0) is 11.3 Å². The molecule has 1 aliphatic rings. The number of hydrogen-bond acceptors (Lipinski definition) is 2. The third kappa shape index (κ3) is 5.04. The van der Waals surface area contributed by atoms with E-state index < -0.39 is 0 Å². The van der Waals surface area contributed by atoms with Crippen LogP contribution in [0, 0.1) is 0 Å². The lowest BCUT2D eigenvalue weighted by molar-refractivity contribution is -0.128. The van der Waals surface area contributed by atoms with Gasteiger partial charge in [0.2, 0.25) is 5.91 Å². The summed E-state index contributed by atoms with van der Waals surface area (Å²) in [4.78, 5) is 16.9. The number of benzene rings is 2. The summed E-state index contributed by atoms with van der Waals surface area (Å²) in [5.41, 5.74) is 2.38.